The van der Waals surface area contributed by atoms with E-state index < -0.39 is 23.8 Å². The van der Waals surface area contributed by atoms with Crippen molar-refractivity contribution in [2.24, 2.45) is 5.73 Å². The van der Waals surface area contributed by atoms with Crippen LogP contribution in [0.5, 0.6) is 0 Å². The molecule has 0 bridgehead atoms. The van der Waals surface area contributed by atoms with Crippen molar-refractivity contribution in [1.82, 2.24) is 9.78 Å². The summed E-state index contributed by atoms with van der Waals surface area (Å²) in [7, 11) is 0. The number of primary amides is 1. The molecule has 28 heavy (non-hydrogen) atoms. The van der Waals surface area contributed by atoms with Gasteiger partial charge in [-0.15, -0.1) is 11.3 Å². The van der Waals surface area contributed by atoms with E-state index in [0.717, 1.165) is 11.3 Å². The second-order valence-electron chi connectivity index (χ2n) is 6.67. The zero-order valence-corrected chi connectivity index (χ0v) is 18.1. The molecule has 2 aromatic rings. The lowest BCUT2D eigenvalue weighted by atomic mass is 10.1. The fourth-order valence-corrected chi connectivity index (χ4v) is 3.88. The standard InChI is InChI=1S/C18H23ClN4O4S/c1-7(2)27-18(26)12-8(3)14(15(20)24)28-17(12)21-16(25)11(6)23-10(5)13(19)9(4)22-23/h7,11H,1-6H3,(H2,20,24)(H,21,25). The van der Waals surface area contributed by atoms with Gasteiger partial charge < -0.3 is 15.8 Å². The smallest absolute Gasteiger partial charge is 0.341 e. The third-order valence-corrected chi connectivity index (χ3v) is 5.91. The van der Waals surface area contributed by atoms with Gasteiger partial charge in [0.25, 0.3) is 5.91 Å². The zero-order chi connectivity index (χ0) is 21.3. The van der Waals surface area contributed by atoms with Crippen LogP contribution in [0.25, 0.3) is 0 Å². The molecule has 0 saturated heterocycles. The molecule has 3 N–H and O–H groups in total. The van der Waals surface area contributed by atoms with E-state index in [0.29, 0.717) is 22.0 Å². The minimum Gasteiger partial charge on any atom is -0.459 e. The number of esters is 1. The van der Waals surface area contributed by atoms with Crippen LogP contribution in [0.15, 0.2) is 0 Å². The number of aromatic nitrogens is 2. The van der Waals surface area contributed by atoms with E-state index in [4.69, 9.17) is 22.1 Å². The Balaban J connectivity index is 2.39. The number of hydrogen-bond acceptors (Lipinski definition) is 6. The monoisotopic (exact) mass is 426 g/mol. The first-order valence-electron chi connectivity index (χ1n) is 8.61. The largest absolute Gasteiger partial charge is 0.459 e. The number of anilines is 1. The Kier molecular flexibility index (Phi) is 6.51. The second kappa shape index (κ2) is 8.32. The third-order valence-electron chi connectivity index (χ3n) is 4.14. The molecule has 2 heterocycles. The van der Waals surface area contributed by atoms with Crippen molar-refractivity contribution in [2.45, 2.75) is 53.7 Å². The van der Waals surface area contributed by atoms with Crippen LogP contribution in [0.3, 0.4) is 0 Å². The van der Waals surface area contributed by atoms with Crippen LogP contribution in [-0.4, -0.2) is 33.7 Å². The number of halogens is 1. The van der Waals surface area contributed by atoms with E-state index in [1.165, 1.54) is 4.68 Å². The second-order valence-corrected chi connectivity index (χ2v) is 8.07. The Labute approximate surface area is 172 Å². The van der Waals surface area contributed by atoms with Crippen LogP contribution in [0, 0.1) is 20.8 Å². The van der Waals surface area contributed by atoms with Gasteiger partial charge in [-0.3, -0.25) is 14.3 Å². The highest BCUT2D eigenvalue weighted by Crippen LogP contribution is 2.34. The number of ether oxygens (including phenoxy) is 1. The summed E-state index contributed by atoms with van der Waals surface area (Å²) in [5.74, 6) is -1.73. The summed E-state index contributed by atoms with van der Waals surface area (Å²) < 4.78 is 6.75. The first-order valence-corrected chi connectivity index (χ1v) is 9.81. The highest BCUT2D eigenvalue weighted by Gasteiger charge is 2.28. The first-order chi connectivity index (χ1) is 13.0. The maximum atomic E-state index is 12.8. The van der Waals surface area contributed by atoms with E-state index in [9.17, 15) is 14.4 Å². The highest BCUT2D eigenvalue weighted by atomic mass is 35.5. The predicted molar refractivity (Wildman–Crippen MR) is 108 cm³/mol. The molecule has 0 fully saturated rings. The van der Waals surface area contributed by atoms with Crippen molar-refractivity contribution in [3.63, 3.8) is 0 Å². The Hall–Kier alpha value is -2.39. The van der Waals surface area contributed by atoms with Gasteiger partial charge in [-0.2, -0.15) is 5.10 Å². The summed E-state index contributed by atoms with van der Waals surface area (Å²) in [5, 5.41) is 7.68. The molecule has 0 saturated carbocycles. The number of carbonyl (C=O) groups excluding carboxylic acids is 3. The molecule has 2 aromatic heterocycles. The van der Waals surface area contributed by atoms with Crippen molar-refractivity contribution in [2.75, 3.05) is 5.32 Å². The lowest BCUT2D eigenvalue weighted by molar-refractivity contribution is -0.119. The summed E-state index contributed by atoms with van der Waals surface area (Å²) in [6.07, 6.45) is -0.358. The first kappa shape index (κ1) is 21.9. The van der Waals surface area contributed by atoms with Crippen LogP contribution >= 0.6 is 22.9 Å². The fraction of sp³-hybridized carbons (Fsp3) is 0.444. The average molecular weight is 427 g/mol. The predicted octanol–water partition coefficient (Wildman–Crippen LogP) is 3.39. The molecular formula is C18H23ClN4O4S. The number of amides is 2. The van der Waals surface area contributed by atoms with Gasteiger partial charge in [0.05, 0.1) is 33.0 Å². The van der Waals surface area contributed by atoms with Gasteiger partial charge in [-0.1, -0.05) is 11.6 Å². The number of rotatable bonds is 6. The summed E-state index contributed by atoms with van der Waals surface area (Å²) in [4.78, 5) is 37.2. The zero-order valence-electron chi connectivity index (χ0n) is 16.5. The fourth-order valence-electron chi connectivity index (χ4n) is 2.70. The normalized spacial score (nSPS) is 12.1. The van der Waals surface area contributed by atoms with Gasteiger partial charge in [0.15, 0.2) is 0 Å². The van der Waals surface area contributed by atoms with E-state index >= 15 is 0 Å². The summed E-state index contributed by atoms with van der Waals surface area (Å²) in [5.41, 5.74) is 7.16. The molecule has 1 atom stereocenters. The van der Waals surface area contributed by atoms with E-state index in [1.807, 2.05) is 0 Å². The van der Waals surface area contributed by atoms with Crippen molar-refractivity contribution in [3.05, 3.63) is 32.4 Å². The Morgan fingerprint density at radius 1 is 1.21 bits per heavy atom. The highest BCUT2D eigenvalue weighted by molar-refractivity contribution is 7.18. The third kappa shape index (κ3) is 4.20. The topological polar surface area (TPSA) is 116 Å². The van der Waals surface area contributed by atoms with E-state index in [1.54, 1.807) is 41.5 Å². The van der Waals surface area contributed by atoms with E-state index in [-0.39, 0.29) is 21.5 Å². The average Bonchev–Trinajstić information content (AvgIpc) is 3.05. The summed E-state index contributed by atoms with van der Waals surface area (Å²) in [6.45, 7) is 10.2. The number of hydrogen-bond donors (Lipinski definition) is 2. The molecule has 10 heteroatoms. The van der Waals surface area contributed by atoms with Crippen molar-refractivity contribution in [3.8, 4) is 0 Å². The maximum absolute atomic E-state index is 12.8. The van der Waals surface area contributed by atoms with Crippen LogP contribution in [0.1, 0.15) is 63.8 Å². The molecule has 0 aliphatic carbocycles. The molecule has 0 aliphatic rings. The number of nitrogens with one attached hydrogen (secondary N) is 1. The quantitative estimate of drug-likeness (QED) is 0.686. The van der Waals surface area contributed by atoms with Crippen LogP contribution < -0.4 is 11.1 Å². The lowest BCUT2D eigenvalue weighted by Gasteiger charge is -2.15. The van der Waals surface area contributed by atoms with Gasteiger partial charge >= 0.3 is 5.97 Å². The molecule has 0 radical (unpaired) electrons. The van der Waals surface area contributed by atoms with Gasteiger partial charge in [0.2, 0.25) is 5.91 Å². The summed E-state index contributed by atoms with van der Waals surface area (Å²) >= 11 is 7.10. The van der Waals surface area contributed by atoms with Gasteiger partial charge in [0.1, 0.15) is 11.0 Å². The number of thiophene rings is 1. The van der Waals surface area contributed by atoms with E-state index in [2.05, 4.69) is 10.4 Å². The van der Waals surface area contributed by atoms with Crippen LogP contribution in [0.2, 0.25) is 5.02 Å². The molecule has 8 nitrogen and oxygen atoms in total. The molecule has 0 aromatic carbocycles. The molecule has 2 amide bonds. The minimum atomic E-state index is -0.695. The van der Waals surface area contributed by atoms with Crippen molar-refractivity contribution >= 4 is 45.7 Å². The molecule has 2 rings (SSSR count). The van der Waals surface area contributed by atoms with Gasteiger partial charge in [-0.05, 0) is 47.1 Å². The minimum absolute atomic E-state index is 0.124. The van der Waals surface area contributed by atoms with Crippen molar-refractivity contribution in [1.29, 1.82) is 0 Å². The van der Waals surface area contributed by atoms with Crippen LogP contribution in [0.4, 0.5) is 5.00 Å². The van der Waals surface area contributed by atoms with Crippen LogP contribution in [-0.2, 0) is 9.53 Å². The van der Waals surface area contributed by atoms with Gasteiger partial charge in [-0.25, -0.2) is 4.79 Å². The Morgan fingerprint density at radius 2 is 1.82 bits per heavy atom. The SMILES string of the molecule is Cc1nn(C(C)C(=O)Nc2sc(C(N)=O)c(C)c2C(=O)OC(C)C)c(C)c1Cl. The number of nitrogens with two attached hydrogens (primary N) is 1. The number of aryl methyl sites for hydroxylation is 1. The molecule has 152 valence electrons. The summed E-state index contributed by atoms with van der Waals surface area (Å²) in [6, 6.07) is -0.695. The van der Waals surface area contributed by atoms with Gasteiger partial charge in [0, 0.05) is 0 Å². The maximum Gasteiger partial charge on any atom is 0.341 e. The molecular weight excluding hydrogens is 404 g/mol. The lowest BCUT2D eigenvalue weighted by Crippen LogP contribution is -2.26. The van der Waals surface area contributed by atoms with Crippen molar-refractivity contribution < 1.29 is 19.1 Å². The Bertz CT molecular complexity index is 948. The Morgan fingerprint density at radius 3 is 2.29 bits per heavy atom. The molecule has 1 unspecified atom stereocenters. The number of nitrogens with zero attached hydrogens (tertiary/aromatic N) is 2. The molecule has 0 spiro atoms. The molecule has 0 aliphatic heterocycles. The number of carbonyl (C=O) groups is 3.